The minimum absolute atomic E-state index is 0.309. The number of nitrogens with zero attached hydrogens (tertiary/aromatic N) is 1. The average molecular weight is 347 g/mol. The van der Waals surface area contributed by atoms with Gasteiger partial charge in [0.15, 0.2) is 0 Å². The van der Waals surface area contributed by atoms with E-state index in [0.29, 0.717) is 28.3 Å². The Labute approximate surface area is 150 Å². The number of methoxy groups -OCH3 is 1. The first kappa shape index (κ1) is 17.2. The zero-order valence-electron chi connectivity index (χ0n) is 14.1. The quantitative estimate of drug-likeness (QED) is 0.739. The second-order valence-corrected chi connectivity index (χ2v) is 5.42. The molecule has 0 aliphatic rings. The van der Waals surface area contributed by atoms with Gasteiger partial charge in [-0.05, 0) is 48.5 Å². The summed E-state index contributed by atoms with van der Waals surface area (Å²) in [6.45, 7) is 0. The maximum atomic E-state index is 12.5. The van der Waals surface area contributed by atoms with Crippen LogP contribution < -0.4 is 15.4 Å². The Balaban J connectivity index is 1.78. The summed E-state index contributed by atoms with van der Waals surface area (Å²) in [5.74, 6) is 0.0392. The molecule has 0 saturated heterocycles. The number of anilines is 2. The standard InChI is InChI=1S/C20H17N3O3/c1-26-16-8-6-14(7-9-16)19(24)23-18-5-3-2-4-17(18)20(25)22-15-10-12-21-13-11-15/h2-13H,1H3,(H,23,24)(H,21,22,25). The molecule has 0 atom stereocenters. The van der Waals surface area contributed by atoms with E-state index in [2.05, 4.69) is 15.6 Å². The highest BCUT2D eigenvalue weighted by Gasteiger charge is 2.14. The normalized spacial score (nSPS) is 10.0. The minimum atomic E-state index is -0.318. The van der Waals surface area contributed by atoms with Crippen LogP contribution in [0.4, 0.5) is 11.4 Å². The Kier molecular flexibility index (Phi) is 5.24. The predicted octanol–water partition coefficient (Wildman–Crippen LogP) is 3.59. The van der Waals surface area contributed by atoms with Crippen molar-refractivity contribution in [3.05, 3.63) is 84.2 Å². The Morgan fingerprint density at radius 2 is 1.54 bits per heavy atom. The molecule has 1 heterocycles. The predicted molar refractivity (Wildman–Crippen MR) is 99.6 cm³/mol. The number of carbonyl (C=O) groups excluding carboxylic acids is 2. The fraction of sp³-hybridized carbons (Fsp3) is 0.0500. The first-order valence-corrected chi connectivity index (χ1v) is 7.93. The maximum absolute atomic E-state index is 12.5. The van der Waals surface area contributed by atoms with E-state index in [9.17, 15) is 9.59 Å². The number of nitrogens with one attached hydrogen (secondary N) is 2. The van der Waals surface area contributed by atoms with Gasteiger partial charge in [-0.25, -0.2) is 0 Å². The van der Waals surface area contributed by atoms with E-state index in [1.165, 1.54) is 0 Å². The summed E-state index contributed by atoms with van der Waals surface area (Å²) in [4.78, 5) is 28.9. The molecule has 26 heavy (non-hydrogen) atoms. The highest BCUT2D eigenvalue weighted by atomic mass is 16.5. The lowest BCUT2D eigenvalue weighted by atomic mass is 10.1. The molecule has 3 rings (SSSR count). The minimum Gasteiger partial charge on any atom is -0.497 e. The molecule has 0 radical (unpaired) electrons. The third kappa shape index (κ3) is 4.05. The summed E-state index contributed by atoms with van der Waals surface area (Å²) in [5.41, 5.74) is 1.89. The van der Waals surface area contributed by atoms with Crippen LogP contribution in [0.3, 0.4) is 0 Å². The molecular formula is C20H17N3O3. The van der Waals surface area contributed by atoms with Crippen LogP contribution in [0.5, 0.6) is 5.75 Å². The monoisotopic (exact) mass is 347 g/mol. The molecule has 2 aromatic carbocycles. The Bertz CT molecular complexity index is 909. The van der Waals surface area contributed by atoms with Crippen LogP contribution in [-0.4, -0.2) is 23.9 Å². The molecule has 130 valence electrons. The lowest BCUT2D eigenvalue weighted by Gasteiger charge is -2.11. The van der Waals surface area contributed by atoms with Crippen molar-refractivity contribution in [2.24, 2.45) is 0 Å². The number of para-hydroxylation sites is 1. The molecular weight excluding hydrogens is 330 g/mol. The van der Waals surface area contributed by atoms with Gasteiger partial charge in [-0.1, -0.05) is 12.1 Å². The van der Waals surface area contributed by atoms with Crippen molar-refractivity contribution >= 4 is 23.2 Å². The molecule has 6 heteroatoms. The highest BCUT2D eigenvalue weighted by Crippen LogP contribution is 2.19. The van der Waals surface area contributed by atoms with E-state index < -0.39 is 0 Å². The third-order valence-electron chi connectivity index (χ3n) is 3.71. The van der Waals surface area contributed by atoms with Gasteiger partial charge >= 0.3 is 0 Å². The van der Waals surface area contributed by atoms with E-state index in [0.717, 1.165) is 0 Å². The molecule has 0 fully saturated rings. The van der Waals surface area contributed by atoms with Crippen molar-refractivity contribution in [1.82, 2.24) is 4.98 Å². The Morgan fingerprint density at radius 1 is 0.846 bits per heavy atom. The van der Waals surface area contributed by atoms with Crippen molar-refractivity contribution in [1.29, 1.82) is 0 Å². The number of aromatic nitrogens is 1. The fourth-order valence-corrected chi connectivity index (χ4v) is 2.36. The van der Waals surface area contributed by atoms with Crippen LogP contribution in [0.2, 0.25) is 0 Å². The summed E-state index contributed by atoms with van der Waals surface area (Å²) in [5, 5.41) is 5.56. The number of ether oxygens (including phenoxy) is 1. The number of hydrogen-bond acceptors (Lipinski definition) is 4. The third-order valence-corrected chi connectivity index (χ3v) is 3.71. The number of amides is 2. The first-order valence-electron chi connectivity index (χ1n) is 7.93. The lowest BCUT2D eigenvalue weighted by Crippen LogP contribution is -2.18. The maximum Gasteiger partial charge on any atom is 0.257 e. The van der Waals surface area contributed by atoms with Crippen LogP contribution in [0.1, 0.15) is 20.7 Å². The number of benzene rings is 2. The van der Waals surface area contributed by atoms with Gasteiger partial charge in [0.05, 0.1) is 18.4 Å². The molecule has 2 amide bonds. The Hall–Kier alpha value is -3.67. The van der Waals surface area contributed by atoms with Crippen LogP contribution in [0.15, 0.2) is 73.1 Å². The first-order chi connectivity index (χ1) is 12.7. The smallest absolute Gasteiger partial charge is 0.257 e. The van der Waals surface area contributed by atoms with Gasteiger partial charge in [0, 0.05) is 23.6 Å². The van der Waals surface area contributed by atoms with Gasteiger partial charge in [0.25, 0.3) is 11.8 Å². The van der Waals surface area contributed by atoms with Crippen LogP contribution in [0, 0.1) is 0 Å². The van der Waals surface area contributed by atoms with E-state index in [1.54, 1.807) is 80.2 Å². The second kappa shape index (κ2) is 7.94. The van der Waals surface area contributed by atoms with E-state index in [4.69, 9.17) is 4.74 Å². The van der Waals surface area contributed by atoms with Gasteiger partial charge < -0.3 is 15.4 Å². The highest BCUT2D eigenvalue weighted by molar-refractivity contribution is 6.12. The topological polar surface area (TPSA) is 80.3 Å². The molecule has 0 saturated carbocycles. The molecule has 3 aromatic rings. The zero-order chi connectivity index (χ0) is 18.4. The van der Waals surface area contributed by atoms with Gasteiger partial charge in [-0.2, -0.15) is 0 Å². The van der Waals surface area contributed by atoms with Crippen LogP contribution in [-0.2, 0) is 0 Å². The van der Waals surface area contributed by atoms with Crippen LogP contribution in [0.25, 0.3) is 0 Å². The van der Waals surface area contributed by atoms with Crippen molar-refractivity contribution < 1.29 is 14.3 Å². The molecule has 2 N–H and O–H groups in total. The summed E-state index contributed by atoms with van der Waals surface area (Å²) in [6, 6.07) is 16.9. The van der Waals surface area contributed by atoms with E-state index in [-0.39, 0.29) is 11.8 Å². The number of pyridine rings is 1. The van der Waals surface area contributed by atoms with Crippen molar-refractivity contribution in [3.63, 3.8) is 0 Å². The molecule has 0 bridgehead atoms. The molecule has 0 aliphatic heterocycles. The second-order valence-electron chi connectivity index (χ2n) is 5.42. The Morgan fingerprint density at radius 3 is 2.23 bits per heavy atom. The van der Waals surface area contributed by atoms with Crippen molar-refractivity contribution in [3.8, 4) is 5.75 Å². The molecule has 6 nitrogen and oxygen atoms in total. The molecule has 0 unspecified atom stereocenters. The molecule has 0 spiro atoms. The zero-order valence-corrected chi connectivity index (χ0v) is 14.1. The number of rotatable bonds is 5. The summed E-state index contributed by atoms with van der Waals surface area (Å²) >= 11 is 0. The number of hydrogen-bond donors (Lipinski definition) is 2. The van der Waals surface area contributed by atoms with E-state index >= 15 is 0 Å². The molecule has 0 aliphatic carbocycles. The van der Waals surface area contributed by atoms with Crippen LogP contribution >= 0.6 is 0 Å². The van der Waals surface area contributed by atoms with Gasteiger partial charge in [0.1, 0.15) is 5.75 Å². The largest absolute Gasteiger partial charge is 0.497 e. The summed E-state index contributed by atoms with van der Waals surface area (Å²) < 4.78 is 5.09. The fourth-order valence-electron chi connectivity index (χ4n) is 2.36. The average Bonchev–Trinajstić information content (AvgIpc) is 2.69. The van der Waals surface area contributed by atoms with Gasteiger partial charge in [-0.3, -0.25) is 14.6 Å². The SMILES string of the molecule is COc1ccc(C(=O)Nc2ccccc2C(=O)Nc2ccncc2)cc1. The number of carbonyl (C=O) groups is 2. The summed E-state index contributed by atoms with van der Waals surface area (Å²) in [6.07, 6.45) is 3.18. The lowest BCUT2D eigenvalue weighted by molar-refractivity contribution is 0.102. The van der Waals surface area contributed by atoms with E-state index in [1.807, 2.05) is 0 Å². The summed E-state index contributed by atoms with van der Waals surface area (Å²) in [7, 11) is 1.56. The van der Waals surface area contributed by atoms with Crippen molar-refractivity contribution in [2.75, 3.05) is 17.7 Å². The van der Waals surface area contributed by atoms with Gasteiger partial charge in [0.2, 0.25) is 0 Å². The van der Waals surface area contributed by atoms with Crippen molar-refractivity contribution in [2.45, 2.75) is 0 Å². The molecule has 1 aromatic heterocycles. The van der Waals surface area contributed by atoms with Gasteiger partial charge in [-0.15, -0.1) is 0 Å².